The zero-order valence-corrected chi connectivity index (χ0v) is 38.6. The van der Waals surface area contributed by atoms with E-state index in [0.717, 1.165) is 46.4 Å². The lowest BCUT2D eigenvalue weighted by atomic mass is 9.56. The highest BCUT2D eigenvalue weighted by molar-refractivity contribution is 6.28. The van der Waals surface area contributed by atoms with Crippen LogP contribution in [0.15, 0.2) is 224 Å². The summed E-state index contributed by atoms with van der Waals surface area (Å²) in [7, 11) is 3.46. The second-order valence-corrected chi connectivity index (χ2v) is 18.9. The van der Waals surface area contributed by atoms with Crippen LogP contribution >= 0.6 is 0 Å². The summed E-state index contributed by atoms with van der Waals surface area (Å²) in [5.74, 6) is 1.65. The van der Waals surface area contributed by atoms with Gasteiger partial charge in [0.2, 0.25) is 0 Å². The summed E-state index contributed by atoms with van der Waals surface area (Å²) >= 11 is 0. The van der Waals surface area contributed by atoms with E-state index in [0.29, 0.717) is 0 Å². The molecule has 330 valence electrons. The van der Waals surface area contributed by atoms with E-state index in [4.69, 9.17) is 9.47 Å². The summed E-state index contributed by atoms with van der Waals surface area (Å²) in [6, 6.07) is 75.7. The van der Waals surface area contributed by atoms with Crippen LogP contribution in [-0.4, -0.2) is 18.6 Å². The van der Waals surface area contributed by atoms with Gasteiger partial charge in [0.05, 0.1) is 41.9 Å². The number of para-hydroxylation sites is 4. The van der Waals surface area contributed by atoms with Gasteiger partial charge in [-0.15, -0.1) is 0 Å². The van der Waals surface area contributed by atoms with Gasteiger partial charge in [0.15, 0.2) is 0 Å². The molecule has 5 nitrogen and oxygen atoms in total. The molecule has 0 radical (unpaired) electrons. The lowest BCUT2D eigenvalue weighted by Crippen LogP contribution is -2.43. The van der Waals surface area contributed by atoms with Crippen molar-refractivity contribution >= 4 is 72.1 Å². The first-order chi connectivity index (χ1) is 34.0. The van der Waals surface area contributed by atoms with Crippen LogP contribution in [0, 0.1) is 5.41 Å². The Kier molecular flexibility index (Phi) is 8.46. The van der Waals surface area contributed by atoms with E-state index in [1.807, 2.05) is 0 Å². The molecule has 2 heterocycles. The summed E-state index contributed by atoms with van der Waals surface area (Å²) in [6.07, 6.45) is 5.65. The minimum Gasteiger partial charge on any atom is -0.497 e. The zero-order valence-electron chi connectivity index (χ0n) is 38.6. The Hall–Kier alpha value is -8.54. The first-order valence-electron chi connectivity index (χ1n) is 23.9. The average Bonchev–Trinajstić information content (AvgIpc) is 4.10. The molecule has 11 aromatic rings. The molecule has 1 unspecified atom stereocenters. The van der Waals surface area contributed by atoms with E-state index < -0.39 is 10.8 Å². The van der Waals surface area contributed by atoms with Crippen LogP contribution in [0.2, 0.25) is 0 Å². The van der Waals surface area contributed by atoms with Gasteiger partial charge in [-0.2, -0.15) is 0 Å². The summed E-state index contributed by atoms with van der Waals surface area (Å²) in [6.45, 7) is 2.57. The third-order valence-corrected chi connectivity index (χ3v) is 15.7. The summed E-state index contributed by atoms with van der Waals surface area (Å²) in [5.41, 5.74) is 18.6. The van der Waals surface area contributed by atoms with Crippen molar-refractivity contribution in [2.75, 3.05) is 24.0 Å². The molecule has 0 saturated heterocycles. The maximum Gasteiger partial charge on any atom is 0.119 e. The van der Waals surface area contributed by atoms with Gasteiger partial charge in [-0.3, -0.25) is 0 Å². The van der Waals surface area contributed by atoms with Crippen LogP contribution in [0.25, 0.3) is 54.8 Å². The van der Waals surface area contributed by atoms with Crippen LogP contribution < -0.4 is 19.3 Å². The molecule has 69 heavy (non-hydrogen) atoms. The molecular formula is C64H47N3O2. The van der Waals surface area contributed by atoms with Gasteiger partial charge in [0.25, 0.3) is 0 Å². The van der Waals surface area contributed by atoms with Crippen molar-refractivity contribution < 1.29 is 9.47 Å². The molecule has 0 saturated carbocycles. The molecule has 1 spiro atoms. The maximum absolute atomic E-state index is 5.75. The lowest BCUT2D eigenvalue weighted by Gasteiger charge is -2.47. The Morgan fingerprint density at radius 1 is 0.464 bits per heavy atom. The van der Waals surface area contributed by atoms with Gasteiger partial charge in [0.1, 0.15) is 11.5 Å². The fourth-order valence-corrected chi connectivity index (χ4v) is 13.0. The zero-order chi connectivity index (χ0) is 46.0. The number of benzene rings is 9. The highest BCUT2D eigenvalue weighted by Gasteiger charge is 2.64. The first kappa shape index (κ1) is 39.6. The molecule has 0 bridgehead atoms. The van der Waals surface area contributed by atoms with Crippen molar-refractivity contribution in [2.24, 2.45) is 5.41 Å². The van der Waals surface area contributed by atoms with E-state index in [9.17, 15) is 0 Å². The standard InChI is InChI=1S/C64H47N3O2/c1-63-40-45(65(41-17-6-4-7-18-41)43-29-34-46(68-2)35-30-43)33-38-55(63)60-56(64(63)53-26-13-10-21-48(53)49-22-11-14-27-54(49)64)39-58(66(42-19-8-5-9-20-42)44-31-36-47(69-3)37-32-44)59-52-25-16-24-51-50-23-12-15-28-57(50)67(61(51)52)62(59)60/h4-39H,40H2,1-3H3. The predicted molar refractivity (Wildman–Crippen MR) is 284 cm³/mol. The van der Waals surface area contributed by atoms with Gasteiger partial charge < -0.3 is 23.7 Å². The van der Waals surface area contributed by atoms with Crippen LogP contribution in [0.3, 0.4) is 0 Å². The molecule has 0 aliphatic heterocycles. The molecule has 0 fully saturated rings. The number of ether oxygens (including phenoxy) is 2. The van der Waals surface area contributed by atoms with Crippen molar-refractivity contribution in [3.8, 4) is 22.6 Å². The smallest absolute Gasteiger partial charge is 0.119 e. The van der Waals surface area contributed by atoms with E-state index in [-0.39, 0.29) is 0 Å². The fourth-order valence-electron chi connectivity index (χ4n) is 13.0. The number of rotatable bonds is 8. The van der Waals surface area contributed by atoms with Crippen molar-refractivity contribution in [1.82, 2.24) is 4.40 Å². The van der Waals surface area contributed by atoms with Crippen LogP contribution in [0.1, 0.15) is 35.6 Å². The van der Waals surface area contributed by atoms with Crippen LogP contribution in [0.4, 0.5) is 28.4 Å². The first-order valence-corrected chi connectivity index (χ1v) is 23.9. The van der Waals surface area contributed by atoms with E-state index >= 15 is 0 Å². The largest absolute Gasteiger partial charge is 0.497 e. The van der Waals surface area contributed by atoms with Gasteiger partial charge >= 0.3 is 0 Å². The second-order valence-electron chi connectivity index (χ2n) is 18.9. The number of anilines is 5. The lowest BCUT2D eigenvalue weighted by molar-refractivity contribution is 0.318. The van der Waals surface area contributed by atoms with Crippen LogP contribution in [-0.2, 0) is 5.41 Å². The van der Waals surface area contributed by atoms with Crippen molar-refractivity contribution in [3.05, 3.63) is 246 Å². The van der Waals surface area contributed by atoms with E-state index in [1.165, 1.54) is 82.7 Å². The monoisotopic (exact) mass is 889 g/mol. The summed E-state index contributed by atoms with van der Waals surface area (Å²) in [4.78, 5) is 4.94. The Bertz CT molecular complexity index is 3860. The Balaban J connectivity index is 1.17. The molecule has 14 rings (SSSR count). The summed E-state index contributed by atoms with van der Waals surface area (Å²) < 4.78 is 14.1. The summed E-state index contributed by atoms with van der Waals surface area (Å²) in [5, 5.41) is 5.00. The van der Waals surface area contributed by atoms with Gasteiger partial charge in [-0.25, -0.2) is 0 Å². The maximum atomic E-state index is 5.75. The van der Waals surface area contributed by atoms with Crippen molar-refractivity contribution in [2.45, 2.75) is 18.8 Å². The topological polar surface area (TPSA) is 29.4 Å². The minimum absolute atomic E-state index is 0.484. The van der Waals surface area contributed by atoms with Gasteiger partial charge in [-0.1, -0.05) is 134 Å². The molecule has 3 aliphatic carbocycles. The molecule has 1 atom stereocenters. The number of hydrogen-bond donors (Lipinski definition) is 0. The third-order valence-electron chi connectivity index (χ3n) is 15.7. The SMILES string of the molecule is COc1ccc(N(C2=CC=C3c4c(cc(N(c5ccccc5)c5ccc(OC)cc5)c5c6cccc7c8ccccc8n(c45)c76)C4(c5ccccc5-c5ccccc54)C3(C)C2)c2ccccc2)cc1. The van der Waals surface area contributed by atoms with Crippen LogP contribution in [0.5, 0.6) is 11.5 Å². The number of fused-ring (bicyclic) bond motifs is 17. The van der Waals surface area contributed by atoms with Crippen molar-refractivity contribution in [1.29, 1.82) is 0 Å². The molecule has 5 heteroatoms. The van der Waals surface area contributed by atoms with Gasteiger partial charge in [-0.05, 0) is 131 Å². The van der Waals surface area contributed by atoms with E-state index in [1.54, 1.807) is 14.2 Å². The Labute approximate surface area is 401 Å². The molecule has 0 amide bonds. The molecule has 0 N–H and O–H groups in total. The molecule has 2 aromatic heterocycles. The predicted octanol–water partition coefficient (Wildman–Crippen LogP) is 16.2. The normalized spacial score (nSPS) is 16.3. The third kappa shape index (κ3) is 5.25. The number of methoxy groups -OCH3 is 2. The van der Waals surface area contributed by atoms with E-state index in [2.05, 4.69) is 240 Å². The highest BCUT2D eigenvalue weighted by Crippen LogP contribution is 2.73. The number of hydrogen-bond acceptors (Lipinski definition) is 4. The van der Waals surface area contributed by atoms with Crippen molar-refractivity contribution in [3.63, 3.8) is 0 Å². The molecule has 3 aliphatic rings. The second kappa shape index (κ2) is 14.7. The number of aromatic nitrogens is 1. The Morgan fingerprint density at radius 2 is 0.986 bits per heavy atom. The average molecular weight is 890 g/mol. The number of nitrogens with zero attached hydrogens (tertiary/aromatic N) is 3. The Morgan fingerprint density at radius 3 is 1.62 bits per heavy atom. The number of allylic oxidation sites excluding steroid dienone is 4. The molecular weight excluding hydrogens is 843 g/mol. The van der Waals surface area contributed by atoms with Gasteiger partial charge in [0, 0.05) is 61.0 Å². The molecule has 9 aromatic carbocycles. The quantitative estimate of drug-likeness (QED) is 0.152. The minimum atomic E-state index is -0.605. The fraction of sp³-hybridized carbons (Fsp3) is 0.0938. The highest BCUT2D eigenvalue weighted by atomic mass is 16.5.